The van der Waals surface area contributed by atoms with Gasteiger partial charge >= 0.3 is 0 Å². The van der Waals surface area contributed by atoms with E-state index in [1.54, 1.807) is 11.1 Å². The lowest BCUT2D eigenvalue weighted by Crippen LogP contribution is -2.48. The Balaban J connectivity index is 1.29. The van der Waals surface area contributed by atoms with Crippen molar-refractivity contribution in [3.63, 3.8) is 0 Å². The zero-order valence-corrected chi connectivity index (χ0v) is 21.7. The van der Waals surface area contributed by atoms with Gasteiger partial charge in [-0.1, -0.05) is 31.9 Å². The highest BCUT2D eigenvalue weighted by Gasteiger charge is 2.62. The summed E-state index contributed by atoms with van der Waals surface area (Å²) in [6.45, 7) is 11.7. The molecule has 3 heteroatoms. The number of ether oxygens (including phenoxy) is 1. The minimum Gasteiger partial charge on any atom is -0.390 e. The molecule has 1 spiro atoms. The molecule has 184 valence electrons. The van der Waals surface area contributed by atoms with Gasteiger partial charge in [0.2, 0.25) is 0 Å². The maximum Gasteiger partial charge on any atom is 0.133 e. The third kappa shape index (κ3) is 3.23. The van der Waals surface area contributed by atoms with Gasteiger partial charge in [0, 0.05) is 18.8 Å². The molecule has 5 fully saturated rings. The third-order valence-corrected chi connectivity index (χ3v) is 12.2. The number of carbonyl (C=O) groups excluding carboxylic acids is 1. The van der Waals surface area contributed by atoms with Gasteiger partial charge in [-0.3, -0.25) is 4.79 Å². The molecule has 5 aliphatic carbocycles. The zero-order valence-electron chi connectivity index (χ0n) is 21.7. The average molecular weight is 455 g/mol. The maximum atomic E-state index is 12.2. The molecular formula is C30H46O3. The number of aliphatic hydroxyl groups is 1. The number of Topliss-reactive ketones (excluding diaryl/α,β-unsaturated/α-hetero) is 1. The Hall–Kier alpha value is -0.670. The van der Waals surface area contributed by atoms with Crippen LogP contribution < -0.4 is 0 Å². The Kier molecular flexibility index (Phi) is 5.12. The van der Waals surface area contributed by atoms with Gasteiger partial charge in [-0.25, -0.2) is 0 Å². The van der Waals surface area contributed by atoms with Crippen molar-refractivity contribution in [3.8, 4) is 0 Å². The number of hydrogen-bond acceptors (Lipinski definition) is 3. The van der Waals surface area contributed by atoms with E-state index in [-0.39, 0.29) is 17.6 Å². The highest BCUT2D eigenvalue weighted by Crippen LogP contribution is 2.65. The molecule has 1 N–H and O–H groups in total. The molecular weight excluding hydrogens is 408 g/mol. The molecule has 6 aliphatic rings. The summed E-state index contributed by atoms with van der Waals surface area (Å²) in [7, 11) is 0. The largest absolute Gasteiger partial charge is 0.390 e. The van der Waals surface area contributed by atoms with Crippen molar-refractivity contribution in [1.82, 2.24) is 0 Å². The molecule has 0 amide bonds. The molecule has 6 unspecified atom stereocenters. The quantitative estimate of drug-likeness (QED) is 0.426. The maximum absolute atomic E-state index is 12.2. The fourth-order valence-corrected chi connectivity index (χ4v) is 10.7. The van der Waals surface area contributed by atoms with Crippen LogP contribution in [0.25, 0.3) is 0 Å². The molecule has 0 aromatic carbocycles. The van der Waals surface area contributed by atoms with Gasteiger partial charge in [-0.15, -0.1) is 0 Å². The third-order valence-electron chi connectivity index (χ3n) is 12.2. The monoisotopic (exact) mass is 454 g/mol. The molecule has 33 heavy (non-hydrogen) atoms. The first kappa shape index (κ1) is 22.8. The molecule has 1 saturated heterocycles. The van der Waals surface area contributed by atoms with Gasteiger partial charge in [0.1, 0.15) is 5.78 Å². The molecule has 1 aliphatic heterocycles. The Morgan fingerprint density at radius 2 is 1.85 bits per heavy atom. The van der Waals surface area contributed by atoms with Crippen LogP contribution in [0.3, 0.4) is 0 Å². The first-order valence-electron chi connectivity index (χ1n) is 14.1. The second-order valence-corrected chi connectivity index (χ2v) is 14.1. The Morgan fingerprint density at radius 1 is 1.06 bits per heavy atom. The summed E-state index contributed by atoms with van der Waals surface area (Å²) in [6, 6.07) is 0. The zero-order chi connectivity index (χ0) is 23.3. The second kappa shape index (κ2) is 7.42. The molecule has 0 aromatic heterocycles. The highest BCUT2D eigenvalue weighted by atomic mass is 16.5. The summed E-state index contributed by atoms with van der Waals surface area (Å²) in [4.78, 5) is 12.2. The van der Waals surface area contributed by atoms with Gasteiger partial charge < -0.3 is 9.84 Å². The highest BCUT2D eigenvalue weighted by molar-refractivity contribution is 5.79. The van der Waals surface area contributed by atoms with Crippen LogP contribution in [0.2, 0.25) is 0 Å². The van der Waals surface area contributed by atoms with E-state index < -0.39 is 5.60 Å². The normalized spacial score (nSPS) is 56.2. The van der Waals surface area contributed by atoms with Gasteiger partial charge in [-0.05, 0) is 113 Å². The van der Waals surface area contributed by atoms with Crippen LogP contribution in [0, 0.1) is 46.8 Å². The lowest BCUT2D eigenvalue weighted by molar-refractivity contribution is -0.130. The molecule has 0 bridgehead atoms. The summed E-state index contributed by atoms with van der Waals surface area (Å²) in [6.07, 6.45) is 12.3. The van der Waals surface area contributed by atoms with Crippen molar-refractivity contribution in [1.29, 1.82) is 0 Å². The molecule has 6 rings (SSSR count). The molecule has 1 heterocycles. The number of hydrogen-bond donors (Lipinski definition) is 1. The average Bonchev–Trinajstić information content (AvgIpc) is 3.18. The minimum absolute atomic E-state index is 0.0847. The summed E-state index contributed by atoms with van der Waals surface area (Å²) in [5, 5.41) is 11.4. The second-order valence-electron chi connectivity index (χ2n) is 14.1. The number of fused-ring (bicyclic) bond motifs is 6. The standard InChI is InChI=1S/C30H46O3/c1-17-12-26-27(29(5,32)15-17)19(3)30(33-26)11-9-22-23-7-6-20-13-21(31)8-10-28(20,4)25(23)14-24(22)18(2)16-30/h17,19-20,22-23,25-27,32H,6-16H2,1-5H3/t17-,19+,20?,22?,23-,25-,26?,27?,28-,29?,30?/m0/s1. The van der Waals surface area contributed by atoms with E-state index in [4.69, 9.17) is 4.74 Å². The molecule has 3 nitrogen and oxygen atoms in total. The number of carbonyl (C=O) groups is 1. The van der Waals surface area contributed by atoms with Crippen LogP contribution >= 0.6 is 0 Å². The van der Waals surface area contributed by atoms with Crippen LogP contribution in [-0.2, 0) is 9.53 Å². The molecule has 0 aromatic rings. The van der Waals surface area contributed by atoms with Crippen molar-refractivity contribution in [3.05, 3.63) is 11.1 Å². The first-order chi connectivity index (χ1) is 15.5. The van der Waals surface area contributed by atoms with Crippen molar-refractivity contribution in [2.75, 3.05) is 0 Å². The van der Waals surface area contributed by atoms with E-state index >= 15 is 0 Å². The summed E-state index contributed by atoms with van der Waals surface area (Å²) in [5.41, 5.74) is 3.06. The number of allylic oxidation sites excluding steroid dienone is 1. The lowest BCUT2D eigenvalue weighted by Gasteiger charge is -2.52. The smallest absolute Gasteiger partial charge is 0.133 e. The summed E-state index contributed by atoms with van der Waals surface area (Å²) in [5.74, 6) is 4.66. The number of rotatable bonds is 0. The molecule has 11 atom stereocenters. The Bertz CT molecular complexity index is 872. The van der Waals surface area contributed by atoms with Gasteiger partial charge in [0.05, 0.1) is 17.3 Å². The van der Waals surface area contributed by atoms with E-state index in [1.165, 1.54) is 25.7 Å². The SMILES string of the molecule is CC1=C2C[C@H]3[C@@H](CCC4CC(=O)CC[C@@]43C)C2CCC2(C1)OC1C[C@H](C)CC(C)(O)C1[C@H]2C. The summed E-state index contributed by atoms with van der Waals surface area (Å²) < 4.78 is 7.05. The first-order valence-corrected chi connectivity index (χ1v) is 14.1. The fraction of sp³-hybridized carbons (Fsp3) is 0.900. The lowest BCUT2D eigenvalue weighted by atomic mass is 9.52. The van der Waals surface area contributed by atoms with Crippen LogP contribution in [-0.4, -0.2) is 28.2 Å². The van der Waals surface area contributed by atoms with E-state index in [9.17, 15) is 9.90 Å². The van der Waals surface area contributed by atoms with E-state index in [0.29, 0.717) is 29.0 Å². The predicted molar refractivity (Wildman–Crippen MR) is 131 cm³/mol. The minimum atomic E-state index is -0.606. The van der Waals surface area contributed by atoms with E-state index in [0.717, 1.165) is 62.7 Å². The summed E-state index contributed by atoms with van der Waals surface area (Å²) >= 11 is 0. The van der Waals surface area contributed by atoms with Crippen LogP contribution in [0.4, 0.5) is 0 Å². The van der Waals surface area contributed by atoms with Crippen LogP contribution in [0.1, 0.15) is 105 Å². The van der Waals surface area contributed by atoms with Crippen LogP contribution in [0.5, 0.6) is 0 Å². The van der Waals surface area contributed by atoms with Gasteiger partial charge in [-0.2, -0.15) is 0 Å². The molecule has 4 saturated carbocycles. The van der Waals surface area contributed by atoms with Crippen LogP contribution in [0.15, 0.2) is 11.1 Å². The molecule has 0 radical (unpaired) electrons. The van der Waals surface area contributed by atoms with E-state index in [1.807, 2.05) is 0 Å². The van der Waals surface area contributed by atoms with Crippen molar-refractivity contribution in [2.45, 2.75) is 123 Å². The van der Waals surface area contributed by atoms with Gasteiger partial charge in [0.15, 0.2) is 0 Å². The van der Waals surface area contributed by atoms with Gasteiger partial charge in [0.25, 0.3) is 0 Å². The Morgan fingerprint density at radius 3 is 2.64 bits per heavy atom. The number of ketones is 1. The van der Waals surface area contributed by atoms with Crippen molar-refractivity contribution in [2.24, 2.45) is 46.8 Å². The topological polar surface area (TPSA) is 46.5 Å². The van der Waals surface area contributed by atoms with Crippen molar-refractivity contribution >= 4 is 5.78 Å². The van der Waals surface area contributed by atoms with Crippen molar-refractivity contribution < 1.29 is 14.6 Å². The predicted octanol–water partition coefficient (Wildman–Crippen LogP) is 6.48. The fourth-order valence-electron chi connectivity index (χ4n) is 10.7. The Labute approximate surface area is 201 Å². The van der Waals surface area contributed by atoms with E-state index in [2.05, 4.69) is 34.6 Å².